The fourth-order valence-electron chi connectivity index (χ4n) is 1.44. The van der Waals surface area contributed by atoms with Gasteiger partial charge >= 0.3 is 5.97 Å². The maximum atomic E-state index is 13.0. The quantitative estimate of drug-likeness (QED) is 0.899. The predicted molar refractivity (Wildman–Crippen MR) is 69.9 cm³/mol. The second kappa shape index (κ2) is 5.47. The molecule has 0 fully saturated rings. The molecule has 19 heavy (non-hydrogen) atoms. The van der Waals surface area contributed by atoms with E-state index in [-0.39, 0.29) is 27.1 Å². The van der Waals surface area contributed by atoms with E-state index in [0.717, 1.165) is 6.07 Å². The molecule has 0 saturated carbocycles. The Labute approximate surface area is 118 Å². The van der Waals surface area contributed by atoms with Crippen LogP contribution in [0.25, 0.3) is 0 Å². The van der Waals surface area contributed by atoms with Crippen LogP contribution in [0.1, 0.15) is 10.4 Å². The molecule has 3 nitrogen and oxygen atoms in total. The van der Waals surface area contributed by atoms with Gasteiger partial charge in [-0.3, -0.25) is 0 Å². The lowest BCUT2D eigenvalue weighted by Crippen LogP contribution is -2.00. The number of para-hydroxylation sites is 1. The van der Waals surface area contributed by atoms with E-state index in [4.69, 9.17) is 33.0 Å². The topological polar surface area (TPSA) is 46.5 Å². The number of carbonyl (C=O) groups is 1. The van der Waals surface area contributed by atoms with Crippen LogP contribution in [0.3, 0.4) is 0 Å². The molecular formula is C13H7Cl2FO3. The molecule has 0 atom stereocenters. The van der Waals surface area contributed by atoms with Crippen LogP contribution in [0, 0.1) is 5.82 Å². The molecule has 0 aromatic heterocycles. The lowest BCUT2D eigenvalue weighted by atomic mass is 10.2. The van der Waals surface area contributed by atoms with E-state index in [9.17, 15) is 9.18 Å². The van der Waals surface area contributed by atoms with Gasteiger partial charge in [-0.2, -0.15) is 0 Å². The number of carboxylic acid groups (broad SMARTS) is 1. The zero-order valence-electron chi connectivity index (χ0n) is 9.36. The van der Waals surface area contributed by atoms with Gasteiger partial charge in [-0.05, 0) is 24.3 Å². The molecule has 0 aliphatic heterocycles. The van der Waals surface area contributed by atoms with Crippen LogP contribution in [-0.2, 0) is 0 Å². The van der Waals surface area contributed by atoms with Gasteiger partial charge in [0.05, 0.1) is 10.0 Å². The van der Waals surface area contributed by atoms with Gasteiger partial charge < -0.3 is 9.84 Å². The van der Waals surface area contributed by atoms with Gasteiger partial charge in [0, 0.05) is 6.07 Å². The molecule has 0 aliphatic carbocycles. The molecule has 0 amide bonds. The summed E-state index contributed by atoms with van der Waals surface area (Å²) in [6.07, 6.45) is 0. The highest BCUT2D eigenvalue weighted by molar-refractivity contribution is 6.32. The van der Waals surface area contributed by atoms with E-state index in [1.165, 1.54) is 30.3 Å². The number of ether oxygens (including phenoxy) is 1. The van der Waals surface area contributed by atoms with Crippen molar-refractivity contribution in [3.8, 4) is 11.5 Å². The zero-order chi connectivity index (χ0) is 14.0. The number of aromatic carboxylic acids is 1. The molecule has 0 radical (unpaired) electrons. The normalized spacial score (nSPS) is 10.3. The third-order valence-electron chi connectivity index (χ3n) is 2.31. The number of halogens is 3. The molecule has 98 valence electrons. The maximum Gasteiger partial charge on any atom is 0.339 e. The second-order valence-corrected chi connectivity index (χ2v) is 4.41. The number of hydrogen-bond acceptors (Lipinski definition) is 2. The van der Waals surface area contributed by atoms with Crippen LogP contribution in [-0.4, -0.2) is 11.1 Å². The SMILES string of the molecule is O=C(O)c1cccc(Cl)c1Oc1ccc(F)c(Cl)c1. The molecule has 0 saturated heterocycles. The van der Waals surface area contributed by atoms with Crippen molar-refractivity contribution in [2.24, 2.45) is 0 Å². The fraction of sp³-hybridized carbons (Fsp3) is 0. The van der Waals surface area contributed by atoms with Crippen molar-refractivity contribution in [1.29, 1.82) is 0 Å². The van der Waals surface area contributed by atoms with Crippen LogP contribution in [0.4, 0.5) is 4.39 Å². The highest BCUT2D eigenvalue weighted by Gasteiger charge is 2.15. The Kier molecular flexibility index (Phi) is 3.93. The molecule has 2 rings (SSSR count). The Morgan fingerprint density at radius 2 is 1.89 bits per heavy atom. The van der Waals surface area contributed by atoms with Crippen molar-refractivity contribution in [1.82, 2.24) is 0 Å². The number of rotatable bonds is 3. The van der Waals surface area contributed by atoms with Crippen LogP contribution in [0.2, 0.25) is 10.0 Å². The molecule has 6 heteroatoms. The summed E-state index contributed by atoms with van der Waals surface area (Å²) in [5, 5.41) is 9.06. The summed E-state index contributed by atoms with van der Waals surface area (Å²) in [4.78, 5) is 11.1. The first-order chi connectivity index (χ1) is 8.99. The lowest BCUT2D eigenvalue weighted by Gasteiger charge is -2.10. The standard InChI is InChI=1S/C13H7Cl2FO3/c14-9-3-1-2-8(13(17)18)12(9)19-7-4-5-11(16)10(15)6-7/h1-6H,(H,17,18). The molecule has 2 aromatic rings. The van der Waals surface area contributed by atoms with Gasteiger partial charge in [-0.25, -0.2) is 9.18 Å². The van der Waals surface area contributed by atoms with E-state index in [2.05, 4.69) is 0 Å². The number of benzene rings is 2. The molecule has 1 N–H and O–H groups in total. The van der Waals surface area contributed by atoms with Crippen molar-refractivity contribution in [2.75, 3.05) is 0 Å². The van der Waals surface area contributed by atoms with E-state index in [0.29, 0.717) is 0 Å². The Morgan fingerprint density at radius 1 is 1.16 bits per heavy atom. The third kappa shape index (κ3) is 2.97. The largest absolute Gasteiger partial charge is 0.478 e. The molecular weight excluding hydrogens is 294 g/mol. The van der Waals surface area contributed by atoms with Gasteiger partial charge in [-0.15, -0.1) is 0 Å². The summed E-state index contributed by atoms with van der Waals surface area (Å²) in [5.41, 5.74) is -0.0899. The zero-order valence-corrected chi connectivity index (χ0v) is 10.9. The lowest BCUT2D eigenvalue weighted by molar-refractivity contribution is 0.0694. The van der Waals surface area contributed by atoms with Crippen molar-refractivity contribution in [2.45, 2.75) is 0 Å². The van der Waals surface area contributed by atoms with Crippen LogP contribution < -0.4 is 4.74 Å². The monoisotopic (exact) mass is 300 g/mol. The first-order valence-corrected chi connectivity index (χ1v) is 5.89. The summed E-state index contributed by atoms with van der Waals surface area (Å²) < 4.78 is 18.4. The minimum absolute atomic E-state index is 0.0145. The molecule has 0 heterocycles. The highest BCUT2D eigenvalue weighted by Crippen LogP contribution is 2.34. The minimum atomic E-state index is -1.18. The average Bonchev–Trinajstić information content (AvgIpc) is 2.36. The van der Waals surface area contributed by atoms with Gasteiger partial charge in [0.1, 0.15) is 17.1 Å². The van der Waals surface area contributed by atoms with Gasteiger partial charge in [-0.1, -0.05) is 29.3 Å². The van der Waals surface area contributed by atoms with Crippen LogP contribution >= 0.6 is 23.2 Å². The number of carboxylic acids is 1. The van der Waals surface area contributed by atoms with Gasteiger partial charge in [0.2, 0.25) is 0 Å². The van der Waals surface area contributed by atoms with Gasteiger partial charge in [0.25, 0.3) is 0 Å². The second-order valence-electron chi connectivity index (χ2n) is 3.60. The van der Waals surface area contributed by atoms with Crippen molar-refractivity contribution in [3.05, 3.63) is 57.8 Å². The predicted octanol–water partition coefficient (Wildman–Crippen LogP) is 4.62. The summed E-state index contributed by atoms with van der Waals surface area (Å²) >= 11 is 11.5. The van der Waals surface area contributed by atoms with E-state index >= 15 is 0 Å². The Morgan fingerprint density at radius 3 is 2.53 bits per heavy atom. The molecule has 0 bridgehead atoms. The van der Waals surface area contributed by atoms with Crippen molar-refractivity contribution < 1.29 is 19.0 Å². The van der Waals surface area contributed by atoms with Crippen molar-refractivity contribution >= 4 is 29.2 Å². The number of hydrogen-bond donors (Lipinski definition) is 1. The summed E-state index contributed by atoms with van der Waals surface area (Å²) in [6.45, 7) is 0. The Balaban J connectivity index is 2.42. The van der Waals surface area contributed by atoms with Crippen LogP contribution in [0.15, 0.2) is 36.4 Å². The summed E-state index contributed by atoms with van der Waals surface area (Å²) in [5.74, 6) is -1.58. The van der Waals surface area contributed by atoms with E-state index in [1.807, 2.05) is 0 Å². The molecule has 2 aromatic carbocycles. The first kappa shape index (κ1) is 13.6. The third-order valence-corrected chi connectivity index (χ3v) is 2.90. The highest BCUT2D eigenvalue weighted by atomic mass is 35.5. The molecule has 0 unspecified atom stereocenters. The van der Waals surface area contributed by atoms with E-state index in [1.54, 1.807) is 0 Å². The van der Waals surface area contributed by atoms with Crippen molar-refractivity contribution in [3.63, 3.8) is 0 Å². The summed E-state index contributed by atoms with van der Waals surface area (Å²) in [6, 6.07) is 8.04. The molecule has 0 aliphatic rings. The average molecular weight is 301 g/mol. The molecule has 0 spiro atoms. The minimum Gasteiger partial charge on any atom is -0.478 e. The maximum absolute atomic E-state index is 13.0. The summed E-state index contributed by atoms with van der Waals surface area (Å²) in [7, 11) is 0. The Bertz CT molecular complexity index is 644. The van der Waals surface area contributed by atoms with Gasteiger partial charge in [0.15, 0.2) is 5.75 Å². The fourth-order valence-corrected chi connectivity index (χ4v) is 1.82. The van der Waals surface area contributed by atoms with Crippen LogP contribution in [0.5, 0.6) is 11.5 Å². The first-order valence-electron chi connectivity index (χ1n) is 5.13. The van der Waals surface area contributed by atoms with E-state index < -0.39 is 11.8 Å². The smallest absolute Gasteiger partial charge is 0.339 e. The Hall–Kier alpha value is -1.78.